The summed E-state index contributed by atoms with van der Waals surface area (Å²) in [5.74, 6) is -0.511. The van der Waals surface area contributed by atoms with Gasteiger partial charge in [0.05, 0.1) is 17.1 Å². The molecular formula is C12H15NO4S. The molecule has 0 amide bonds. The van der Waals surface area contributed by atoms with Crippen LogP contribution in [0.15, 0.2) is 18.2 Å². The van der Waals surface area contributed by atoms with Gasteiger partial charge in [-0.2, -0.15) is 0 Å². The molecule has 0 radical (unpaired) electrons. The number of carbonyl (C=O) groups excluding carboxylic acids is 1. The van der Waals surface area contributed by atoms with E-state index in [1.807, 2.05) is 0 Å². The number of hydrogen-bond acceptors (Lipinski definition) is 5. The second kappa shape index (κ2) is 4.61. The minimum atomic E-state index is -3.04. The highest BCUT2D eigenvalue weighted by molar-refractivity contribution is 7.91. The molecule has 0 bridgehead atoms. The molecule has 5 nitrogen and oxygen atoms in total. The maximum absolute atomic E-state index is 11.9. The van der Waals surface area contributed by atoms with Crippen molar-refractivity contribution in [3.63, 3.8) is 0 Å². The van der Waals surface area contributed by atoms with Gasteiger partial charge in [-0.1, -0.05) is 6.07 Å². The number of carbonyl (C=O) groups is 1. The first-order chi connectivity index (χ1) is 8.39. The number of nitrogen functional groups attached to an aromatic ring is 1. The van der Waals surface area contributed by atoms with Crippen LogP contribution in [0.2, 0.25) is 0 Å². The predicted octanol–water partition coefficient (Wildman–Crippen LogP) is 0.921. The Bertz CT molecular complexity index is 580. The zero-order chi connectivity index (χ0) is 13.3. The lowest BCUT2D eigenvalue weighted by Gasteiger charge is -2.12. The maximum Gasteiger partial charge on any atom is 0.338 e. The minimum Gasteiger partial charge on any atom is -0.458 e. The highest BCUT2D eigenvalue weighted by Gasteiger charge is 2.31. The van der Waals surface area contributed by atoms with E-state index in [1.54, 1.807) is 25.1 Å². The Morgan fingerprint density at radius 2 is 2.17 bits per heavy atom. The van der Waals surface area contributed by atoms with E-state index in [2.05, 4.69) is 0 Å². The van der Waals surface area contributed by atoms with Crippen LogP contribution in [0.3, 0.4) is 0 Å². The summed E-state index contributed by atoms with van der Waals surface area (Å²) in [6.45, 7) is 1.73. The topological polar surface area (TPSA) is 86.5 Å². The number of anilines is 1. The van der Waals surface area contributed by atoms with E-state index in [0.717, 1.165) is 0 Å². The molecule has 98 valence electrons. The molecule has 1 aromatic rings. The maximum atomic E-state index is 11.9. The van der Waals surface area contributed by atoms with Gasteiger partial charge in [-0.25, -0.2) is 13.2 Å². The molecule has 1 heterocycles. The molecule has 2 rings (SSSR count). The minimum absolute atomic E-state index is 0.0832. The average Bonchev–Trinajstić information content (AvgIpc) is 2.62. The van der Waals surface area contributed by atoms with Crippen LogP contribution in [-0.2, 0) is 14.6 Å². The van der Waals surface area contributed by atoms with Crippen molar-refractivity contribution >= 4 is 21.5 Å². The van der Waals surface area contributed by atoms with Crippen LogP contribution in [0.25, 0.3) is 0 Å². The van der Waals surface area contributed by atoms with Gasteiger partial charge in [-0.15, -0.1) is 0 Å². The van der Waals surface area contributed by atoms with Crippen molar-refractivity contribution in [2.24, 2.45) is 0 Å². The number of rotatable bonds is 2. The summed E-state index contributed by atoms with van der Waals surface area (Å²) in [7, 11) is -3.04. The highest BCUT2D eigenvalue weighted by Crippen LogP contribution is 2.20. The molecule has 1 atom stereocenters. The summed E-state index contributed by atoms with van der Waals surface area (Å²) < 4.78 is 27.7. The number of nitrogens with two attached hydrogens (primary N) is 1. The largest absolute Gasteiger partial charge is 0.458 e. The molecular weight excluding hydrogens is 254 g/mol. The molecule has 2 N–H and O–H groups in total. The monoisotopic (exact) mass is 269 g/mol. The zero-order valence-corrected chi connectivity index (χ0v) is 10.9. The molecule has 18 heavy (non-hydrogen) atoms. The first kappa shape index (κ1) is 12.9. The van der Waals surface area contributed by atoms with Crippen molar-refractivity contribution in [3.8, 4) is 0 Å². The Labute approximate surface area is 106 Å². The molecule has 1 saturated heterocycles. The second-order valence-corrected chi connectivity index (χ2v) is 6.68. The van der Waals surface area contributed by atoms with Crippen molar-refractivity contribution in [2.45, 2.75) is 19.4 Å². The van der Waals surface area contributed by atoms with Gasteiger partial charge in [-0.05, 0) is 31.0 Å². The van der Waals surface area contributed by atoms with E-state index >= 15 is 0 Å². The van der Waals surface area contributed by atoms with Crippen molar-refractivity contribution in [2.75, 3.05) is 17.2 Å². The standard InChI is InChI=1S/C12H15NO4S/c1-8-10(3-2-4-11(8)13)12(14)17-9-5-6-18(15,16)7-9/h2-4,9H,5-7,13H2,1H3. The summed E-state index contributed by atoms with van der Waals surface area (Å²) in [4.78, 5) is 11.9. The van der Waals surface area contributed by atoms with E-state index in [0.29, 0.717) is 23.2 Å². The fourth-order valence-electron chi connectivity index (χ4n) is 1.94. The number of esters is 1. The van der Waals surface area contributed by atoms with Gasteiger partial charge in [0.1, 0.15) is 6.10 Å². The van der Waals surface area contributed by atoms with Gasteiger partial charge >= 0.3 is 5.97 Å². The number of ether oxygens (including phenoxy) is 1. The summed E-state index contributed by atoms with van der Waals surface area (Å²) in [5.41, 5.74) is 7.27. The van der Waals surface area contributed by atoms with Crippen LogP contribution in [0.4, 0.5) is 5.69 Å². The van der Waals surface area contributed by atoms with Gasteiger partial charge in [0.25, 0.3) is 0 Å². The third-order valence-electron chi connectivity index (χ3n) is 3.06. The van der Waals surface area contributed by atoms with Gasteiger partial charge in [0.2, 0.25) is 0 Å². The van der Waals surface area contributed by atoms with E-state index in [-0.39, 0.29) is 11.5 Å². The van der Waals surface area contributed by atoms with E-state index < -0.39 is 21.9 Å². The first-order valence-corrected chi connectivity index (χ1v) is 7.48. The van der Waals surface area contributed by atoms with E-state index in [9.17, 15) is 13.2 Å². The molecule has 6 heteroatoms. The van der Waals surface area contributed by atoms with Crippen molar-refractivity contribution in [1.29, 1.82) is 0 Å². The van der Waals surface area contributed by atoms with Crippen LogP contribution < -0.4 is 5.73 Å². The van der Waals surface area contributed by atoms with Crippen LogP contribution in [0.1, 0.15) is 22.3 Å². The Morgan fingerprint density at radius 3 is 2.78 bits per heavy atom. The average molecular weight is 269 g/mol. The SMILES string of the molecule is Cc1c(N)cccc1C(=O)OC1CCS(=O)(=O)C1. The lowest BCUT2D eigenvalue weighted by Crippen LogP contribution is -2.20. The van der Waals surface area contributed by atoms with Gasteiger partial charge in [0, 0.05) is 5.69 Å². The van der Waals surface area contributed by atoms with Gasteiger partial charge in [0.15, 0.2) is 9.84 Å². The molecule has 1 aliphatic heterocycles. The molecule has 1 aliphatic rings. The van der Waals surface area contributed by atoms with Crippen molar-refractivity contribution < 1.29 is 17.9 Å². The van der Waals surface area contributed by atoms with E-state index in [4.69, 9.17) is 10.5 Å². The third kappa shape index (κ3) is 2.64. The Kier molecular flexibility index (Phi) is 3.30. The number of sulfone groups is 1. The third-order valence-corrected chi connectivity index (χ3v) is 4.80. The predicted molar refractivity (Wildman–Crippen MR) is 68.1 cm³/mol. The fourth-order valence-corrected chi connectivity index (χ4v) is 3.53. The van der Waals surface area contributed by atoms with E-state index in [1.165, 1.54) is 0 Å². The summed E-state index contributed by atoms with van der Waals surface area (Å²) in [6.07, 6.45) is -0.168. The smallest absolute Gasteiger partial charge is 0.338 e. The Hall–Kier alpha value is -1.56. The molecule has 0 saturated carbocycles. The molecule has 1 aromatic carbocycles. The molecule has 0 spiro atoms. The van der Waals surface area contributed by atoms with Crippen LogP contribution in [0.5, 0.6) is 0 Å². The van der Waals surface area contributed by atoms with Crippen LogP contribution in [-0.4, -0.2) is 32.0 Å². The van der Waals surface area contributed by atoms with Crippen LogP contribution >= 0.6 is 0 Å². The van der Waals surface area contributed by atoms with Crippen molar-refractivity contribution in [1.82, 2.24) is 0 Å². The van der Waals surface area contributed by atoms with Gasteiger partial charge < -0.3 is 10.5 Å². The van der Waals surface area contributed by atoms with Crippen LogP contribution in [0, 0.1) is 6.92 Å². The Balaban J connectivity index is 2.11. The Morgan fingerprint density at radius 1 is 1.44 bits per heavy atom. The molecule has 1 fully saturated rings. The first-order valence-electron chi connectivity index (χ1n) is 5.65. The quantitative estimate of drug-likeness (QED) is 0.637. The number of hydrogen-bond donors (Lipinski definition) is 1. The fraction of sp³-hybridized carbons (Fsp3) is 0.417. The van der Waals surface area contributed by atoms with Gasteiger partial charge in [-0.3, -0.25) is 0 Å². The summed E-state index contributed by atoms with van der Waals surface area (Å²) in [6, 6.07) is 4.99. The normalized spacial score (nSPS) is 21.7. The lowest BCUT2D eigenvalue weighted by molar-refractivity contribution is 0.0355. The molecule has 0 aromatic heterocycles. The highest BCUT2D eigenvalue weighted by atomic mass is 32.2. The zero-order valence-electron chi connectivity index (χ0n) is 10.0. The second-order valence-electron chi connectivity index (χ2n) is 4.45. The molecule has 0 aliphatic carbocycles. The lowest BCUT2D eigenvalue weighted by atomic mass is 10.1. The van der Waals surface area contributed by atoms with Crippen molar-refractivity contribution in [3.05, 3.63) is 29.3 Å². The summed E-state index contributed by atoms with van der Waals surface area (Å²) >= 11 is 0. The number of benzene rings is 1. The molecule has 1 unspecified atom stereocenters. The summed E-state index contributed by atoms with van der Waals surface area (Å²) in [5, 5.41) is 0.